The Morgan fingerprint density at radius 3 is 2.93 bits per heavy atom. The molecule has 14 heavy (non-hydrogen) atoms. The first-order valence-electron chi connectivity index (χ1n) is 4.03. The van der Waals surface area contributed by atoms with Crippen LogP contribution >= 0.6 is 28.3 Å². The van der Waals surface area contributed by atoms with Crippen molar-refractivity contribution in [3.05, 3.63) is 27.7 Å². The molecule has 1 aliphatic rings. The van der Waals surface area contributed by atoms with Gasteiger partial charge in [0.05, 0.1) is 6.61 Å². The second-order valence-corrected chi connectivity index (χ2v) is 3.78. The normalized spacial score (nSPS) is 13.9. The minimum absolute atomic E-state index is 0. The van der Waals surface area contributed by atoms with Gasteiger partial charge in [-0.2, -0.15) is 0 Å². The van der Waals surface area contributed by atoms with Crippen LogP contribution in [0, 0.1) is 0 Å². The largest absolute Gasteiger partial charge is 0.467 e. The molecule has 1 aromatic rings. The van der Waals surface area contributed by atoms with Crippen molar-refractivity contribution in [2.24, 2.45) is 5.73 Å². The molecule has 0 amide bonds. The van der Waals surface area contributed by atoms with Gasteiger partial charge in [0.25, 0.3) is 0 Å². The second kappa shape index (κ2) is 4.98. The summed E-state index contributed by atoms with van der Waals surface area (Å²) in [5.74, 6) is 0.886. The molecule has 0 unspecified atom stereocenters. The first-order valence-corrected chi connectivity index (χ1v) is 4.82. The maximum Gasteiger partial charge on any atom is 0.189 e. The van der Waals surface area contributed by atoms with E-state index in [2.05, 4.69) is 15.9 Å². The molecule has 2 rings (SSSR count). The third-order valence-electron chi connectivity index (χ3n) is 1.97. The summed E-state index contributed by atoms with van der Waals surface area (Å²) >= 11 is 3.42. The highest BCUT2D eigenvalue weighted by Crippen LogP contribution is 2.31. The van der Waals surface area contributed by atoms with Gasteiger partial charge in [-0.1, -0.05) is 15.9 Å². The Labute approximate surface area is 97.1 Å². The van der Waals surface area contributed by atoms with E-state index in [0.717, 1.165) is 21.3 Å². The zero-order valence-corrected chi connectivity index (χ0v) is 9.86. The number of ether oxygens (including phenoxy) is 2. The fraction of sp³-hybridized carbons (Fsp3) is 0.333. The average molecular weight is 281 g/mol. The molecule has 5 heteroatoms. The minimum Gasteiger partial charge on any atom is -0.467 e. The van der Waals surface area contributed by atoms with E-state index in [1.807, 2.05) is 12.1 Å². The Hall–Kier alpha value is -0.290. The number of benzene rings is 1. The lowest BCUT2D eigenvalue weighted by Crippen LogP contribution is -2.14. The maximum atomic E-state index is 5.60. The van der Waals surface area contributed by atoms with E-state index >= 15 is 0 Å². The number of halogens is 2. The van der Waals surface area contributed by atoms with E-state index in [4.69, 9.17) is 15.2 Å². The van der Waals surface area contributed by atoms with E-state index in [1.165, 1.54) is 0 Å². The Bertz CT molecular complexity index is 316. The van der Waals surface area contributed by atoms with Crippen LogP contribution in [0.3, 0.4) is 0 Å². The summed E-state index contributed by atoms with van der Waals surface area (Å²) in [6.07, 6.45) is 0. The fourth-order valence-corrected chi connectivity index (χ4v) is 1.96. The Morgan fingerprint density at radius 2 is 2.21 bits per heavy atom. The zero-order chi connectivity index (χ0) is 9.26. The molecule has 0 bridgehead atoms. The Kier molecular flexibility index (Phi) is 4.19. The molecule has 0 saturated heterocycles. The molecule has 1 aliphatic heterocycles. The van der Waals surface area contributed by atoms with Crippen LogP contribution in [0.1, 0.15) is 11.1 Å². The number of fused-ring (bicyclic) bond motifs is 1. The maximum absolute atomic E-state index is 5.60. The standard InChI is InChI=1S/C9H10BrNO2.ClH/c10-8-1-6(3-11)9-7(2-8)4-12-5-13-9;/h1-2H,3-5,11H2;1H. The van der Waals surface area contributed by atoms with Crippen molar-refractivity contribution < 1.29 is 9.47 Å². The minimum atomic E-state index is 0. The molecule has 0 spiro atoms. The van der Waals surface area contributed by atoms with Gasteiger partial charge < -0.3 is 15.2 Å². The molecule has 1 aromatic carbocycles. The van der Waals surface area contributed by atoms with Gasteiger partial charge in [0.1, 0.15) is 5.75 Å². The summed E-state index contributed by atoms with van der Waals surface area (Å²) in [7, 11) is 0. The van der Waals surface area contributed by atoms with E-state index in [1.54, 1.807) is 0 Å². The van der Waals surface area contributed by atoms with Crippen molar-refractivity contribution >= 4 is 28.3 Å². The molecule has 0 aliphatic carbocycles. The third kappa shape index (κ3) is 2.20. The summed E-state index contributed by atoms with van der Waals surface area (Å²) in [5, 5.41) is 0. The summed E-state index contributed by atoms with van der Waals surface area (Å²) < 4.78 is 11.6. The van der Waals surface area contributed by atoms with Crippen LogP contribution in [-0.4, -0.2) is 6.79 Å². The number of hydrogen-bond donors (Lipinski definition) is 1. The van der Waals surface area contributed by atoms with Crippen LogP contribution in [0.15, 0.2) is 16.6 Å². The van der Waals surface area contributed by atoms with Crippen LogP contribution < -0.4 is 10.5 Å². The highest BCUT2D eigenvalue weighted by Gasteiger charge is 2.14. The second-order valence-electron chi connectivity index (χ2n) is 2.87. The molecule has 0 aromatic heterocycles. The molecule has 3 nitrogen and oxygen atoms in total. The van der Waals surface area contributed by atoms with Gasteiger partial charge in [-0.15, -0.1) is 12.4 Å². The first-order chi connectivity index (χ1) is 6.31. The molecule has 0 radical (unpaired) electrons. The van der Waals surface area contributed by atoms with Gasteiger partial charge in [0, 0.05) is 22.1 Å². The number of nitrogens with two attached hydrogens (primary N) is 1. The first kappa shape index (κ1) is 11.8. The molecule has 2 N–H and O–H groups in total. The lowest BCUT2D eigenvalue weighted by Gasteiger charge is -2.20. The van der Waals surface area contributed by atoms with Crippen molar-refractivity contribution in [3.8, 4) is 5.75 Å². The molecule has 0 saturated carbocycles. The summed E-state index contributed by atoms with van der Waals surface area (Å²) in [6.45, 7) is 1.41. The highest BCUT2D eigenvalue weighted by atomic mass is 79.9. The van der Waals surface area contributed by atoms with Crippen LogP contribution in [0.5, 0.6) is 5.75 Å². The van der Waals surface area contributed by atoms with Gasteiger partial charge >= 0.3 is 0 Å². The summed E-state index contributed by atoms with van der Waals surface area (Å²) in [5.41, 5.74) is 7.68. The summed E-state index contributed by atoms with van der Waals surface area (Å²) in [4.78, 5) is 0. The predicted octanol–water partition coefficient (Wildman–Crippen LogP) is 2.20. The van der Waals surface area contributed by atoms with Crippen molar-refractivity contribution in [3.63, 3.8) is 0 Å². The van der Waals surface area contributed by atoms with Gasteiger partial charge in [0.2, 0.25) is 0 Å². The zero-order valence-electron chi connectivity index (χ0n) is 7.46. The lowest BCUT2D eigenvalue weighted by molar-refractivity contribution is -0.0170. The van der Waals surface area contributed by atoms with Crippen LogP contribution in [-0.2, 0) is 17.9 Å². The third-order valence-corrected chi connectivity index (χ3v) is 2.43. The van der Waals surface area contributed by atoms with E-state index < -0.39 is 0 Å². The monoisotopic (exact) mass is 279 g/mol. The van der Waals surface area contributed by atoms with Crippen molar-refractivity contribution in [2.45, 2.75) is 13.2 Å². The topological polar surface area (TPSA) is 44.5 Å². The smallest absolute Gasteiger partial charge is 0.189 e. The summed E-state index contributed by atoms with van der Waals surface area (Å²) in [6, 6.07) is 3.97. The lowest BCUT2D eigenvalue weighted by atomic mass is 10.1. The molecular weight excluding hydrogens is 269 g/mol. The predicted molar refractivity (Wildman–Crippen MR) is 59.6 cm³/mol. The van der Waals surface area contributed by atoms with Crippen molar-refractivity contribution in [1.29, 1.82) is 0 Å². The molecule has 0 fully saturated rings. The van der Waals surface area contributed by atoms with Gasteiger partial charge in [-0.3, -0.25) is 0 Å². The van der Waals surface area contributed by atoms with Crippen molar-refractivity contribution in [2.75, 3.05) is 6.79 Å². The average Bonchev–Trinajstić information content (AvgIpc) is 2.16. The SMILES string of the molecule is Cl.NCc1cc(Br)cc2c1OCOC2. The molecular formula is C9H11BrClNO2. The molecule has 78 valence electrons. The molecule has 0 atom stereocenters. The van der Waals surface area contributed by atoms with Crippen LogP contribution in [0.25, 0.3) is 0 Å². The quantitative estimate of drug-likeness (QED) is 0.858. The van der Waals surface area contributed by atoms with Crippen LogP contribution in [0.4, 0.5) is 0 Å². The van der Waals surface area contributed by atoms with E-state index in [9.17, 15) is 0 Å². The van der Waals surface area contributed by atoms with Crippen molar-refractivity contribution in [1.82, 2.24) is 0 Å². The van der Waals surface area contributed by atoms with E-state index in [0.29, 0.717) is 19.9 Å². The fourth-order valence-electron chi connectivity index (χ4n) is 1.41. The number of hydrogen-bond acceptors (Lipinski definition) is 3. The highest BCUT2D eigenvalue weighted by molar-refractivity contribution is 9.10. The van der Waals surface area contributed by atoms with Crippen LogP contribution in [0.2, 0.25) is 0 Å². The van der Waals surface area contributed by atoms with Gasteiger partial charge in [0.15, 0.2) is 6.79 Å². The Morgan fingerprint density at radius 1 is 1.43 bits per heavy atom. The number of rotatable bonds is 1. The Balaban J connectivity index is 0.000000980. The van der Waals surface area contributed by atoms with Gasteiger partial charge in [-0.05, 0) is 12.1 Å². The van der Waals surface area contributed by atoms with E-state index in [-0.39, 0.29) is 12.4 Å². The van der Waals surface area contributed by atoms with Gasteiger partial charge in [-0.25, -0.2) is 0 Å². The molecule has 1 heterocycles.